The van der Waals surface area contributed by atoms with E-state index >= 15 is 0 Å². The third-order valence-corrected chi connectivity index (χ3v) is 10.9. The number of fused-ring (bicyclic) bond motifs is 1. The summed E-state index contributed by atoms with van der Waals surface area (Å²) in [6.45, 7) is 7.16. The Kier molecular flexibility index (Phi) is 9.97. The highest BCUT2D eigenvalue weighted by Gasteiger charge is 2.32. The van der Waals surface area contributed by atoms with Crippen molar-refractivity contribution in [3.05, 3.63) is 46.8 Å². The number of rotatable bonds is 8. The van der Waals surface area contributed by atoms with Crippen molar-refractivity contribution < 1.29 is 27.2 Å². The zero-order valence-electron chi connectivity index (χ0n) is 24.9. The van der Waals surface area contributed by atoms with E-state index in [1.54, 1.807) is 37.6 Å². The van der Waals surface area contributed by atoms with Crippen LogP contribution in [-0.4, -0.2) is 76.4 Å². The Balaban J connectivity index is 1.32. The molecule has 6 nitrogen and oxygen atoms in total. The second kappa shape index (κ2) is 13.5. The highest BCUT2D eigenvalue weighted by Crippen LogP contribution is 2.40. The first-order valence-electron chi connectivity index (χ1n) is 14.7. The number of morpholine rings is 1. The van der Waals surface area contributed by atoms with Gasteiger partial charge in [0.05, 0.1) is 54.2 Å². The molecule has 1 saturated carbocycles. The Morgan fingerprint density at radius 2 is 1.84 bits per heavy atom. The van der Waals surface area contributed by atoms with Crippen LogP contribution in [-0.2, 0) is 15.7 Å². The van der Waals surface area contributed by atoms with Crippen molar-refractivity contribution >= 4 is 45.2 Å². The summed E-state index contributed by atoms with van der Waals surface area (Å²) in [4.78, 5) is 2.96. The molecule has 1 aliphatic carbocycles. The molecule has 0 spiro atoms. The van der Waals surface area contributed by atoms with E-state index in [-0.39, 0.29) is 18.2 Å². The molecule has 3 aromatic rings. The van der Waals surface area contributed by atoms with E-state index in [1.807, 2.05) is 12.1 Å². The number of benzene rings is 2. The van der Waals surface area contributed by atoms with Gasteiger partial charge in [-0.25, -0.2) is 0 Å². The van der Waals surface area contributed by atoms with Gasteiger partial charge in [0.15, 0.2) is 0 Å². The summed E-state index contributed by atoms with van der Waals surface area (Å²) in [5.41, 5.74) is 1.78. The molecule has 0 bridgehead atoms. The van der Waals surface area contributed by atoms with E-state index in [4.69, 9.17) is 9.47 Å². The summed E-state index contributed by atoms with van der Waals surface area (Å²) >= 11 is 1.32. The number of alkyl halides is 3. The van der Waals surface area contributed by atoms with E-state index < -0.39 is 19.7 Å². The Morgan fingerprint density at radius 3 is 2.51 bits per heavy atom. The standard InChI is InChI=1S/C32H39F3N3O3PS/c1-40-29-20-24(42(2,3)39)13-14-27(29)36-15-5-8-30-26(21-32(33,34)35)25-6-4-7-28(31(25)43-30)37-22-9-11-23(12-10-22)38-16-18-41-19-17-38/h4,6-7,13-14,20,22-23,36-37H,9-12,15-19,21H2,1-3H3. The summed E-state index contributed by atoms with van der Waals surface area (Å²) in [5, 5.41) is 8.15. The van der Waals surface area contributed by atoms with E-state index in [0.29, 0.717) is 33.0 Å². The third-order valence-electron chi connectivity index (χ3n) is 8.19. The lowest BCUT2D eigenvalue weighted by atomic mass is 9.89. The number of anilines is 2. The lowest BCUT2D eigenvalue weighted by molar-refractivity contribution is -0.126. The number of halogens is 3. The van der Waals surface area contributed by atoms with Crippen LogP contribution in [0.15, 0.2) is 36.4 Å². The number of hydrogen-bond donors (Lipinski definition) is 2. The fourth-order valence-electron chi connectivity index (χ4n) is 5.93. The Morgan fingerprint density at radius 1 is 1.09 bits per heavy atom. The molecule has 0 amide bonds. The van der Waals surface area contributed by atoms with Crippen molar-refractivity contribution in [1.82, 2.24) is 4.90 Å². The number of ether oxygens (including phenoxy) is 2. The monoisotopic (exact) mass is 633 g/mol. The molecule has 1 saturated heterocycles. The average molecular weight is 634 g/mol. The van der Waals surface area contributed by atoms with E-state index in [0.717, 1.165) is 62.4 Å². The van der Waals surface area contributed by atoms with Crippen molar-refractivity contribution in [3.63, 3.8) is 0 Å². The van der Waals surface area contributed by atoms with Crippen LogP contribution in [0.25, 0.3) is 10.1 Å². The van der Waals surface area contributed by atoms with Gasteiger partial charge in [0.2, 0.25) is 0 Å². The Bertz CT molecular complexity index is 1530. The lowest BCUT2D eigenvalue weighted by Crippen LogP contribution is -2.46. The number of nitrogens with zero attached hydrogens (tertiary/aromatic N) is 1. The van der Waals surface area contributed by atoms with Crippen molar-refractivity contribution in [3.8, 4) is 17.6 Å². The SMILES string of the molecule is COc1cc(P(C)(C)=O)ccc1NCC#Cc1sc2c(NC3CCC(N4CCOCC4)CC3)cccc2c1CC(F)(F)F. The molecule has 2 N–H and O–H groups in total. The molecular formula is C32H39F3N3O3PS. The molecule has 11 heteroatoms. The molecule has 0 radical (unpaired) electrons. The second-order valence-corrected chi connectivity index (χ2v) is 15.8. The molecule has 2 heterocycles. The Labute approximate surface area is 255 Å². The molecule has 2 aliphatic rings. The van der Waals surface area contributed by atoms with Crippen LogP contribution in [0, 0.1) is 11.8 Å². The van der Waals surface area contributed by atoms with Gasteiger partial charge < -0.3 is 24.7 Å². The smallest absolute Gasteiger partial charge is 0.393 e. The molecule has 5 rings (SSSR count). The largest absolute Gasteiger partial charge is 0.495 e. The minimum atomic E-state index is -4.35. The van der Waals surface area contributed by atoms with Crippen molar-refractivity contribution in [1.29, 1.82) is 0 Å². The van der Waals surface area contributed by atoms with Gasteiger partial charge >= 0.3 is 6.18 Å². The quantitative estimate of drug-likeness (QED) is 0.211. The number of nitrogens with one attached hydrogen (secondary N) is 2. The van der Waals surface area contributed by atoms with Crippen LogP contribution in [0.2, 0.25) is 0 Å². The zero-order valence-corrected chi connectivity index (χ0v) is 26.6. The van der Waals surface area contributed by atoms with Crippen molar-refractivity contribution in [2.24, 2.45) is 0 Å². The predicted octanol–water partition coefficient (Wildman–Crippen LogP) is 6.78. The average Bonchev–Trinajstić information content (AvgIpc) is 3.32. The highest BCUT2D eigenvalue weighted by atomic mass is 32.1. The van der Waals surface area contributed by atoms with Gasteiger partial charge in [-0.15, -0.1) is 11.3 Å². The first-order chi connectivity index (χ1) is 20.5. The van der Waals surface area contributed by atoms with Gasteiger partial charge in [-0.05, 0) is 74.2 Å². The fraction of sp³-hybridized carbons (Fsp3) is 0.500. The molecular weight excluding hydrogens is 594 g/mol. The second-order valence-electron chi connectivity index (χ2n) is 11.6. The molecule has 2 aromatic carbocycles. The first kappa shape index (κ1) is 31.7. The number of hydrogen-bond acceptors (Lipinski definition) is 7. The first-order valence-corrected chi connectivity index (χ1v) is 18.1. The summed E-state index contributed by atoms with van der Waals surface area (Å²) in [6.07, 6.45) is -1.12. The molecule has 0 unspecified atom stereocenters. The molecule has 1 aromatic heterocycles. The predicted molar refractivity (Wildman–Crippen MR) is 171 cm³/mol. The number of thiophene rings is 1. The summed E-state index contributed by atoms with van der Waals surface area (Å²) in [7, 11) is -0.914. The topological polar surface area (TPSA) is 62.8 Å². The molecule has 1 aliphatic heterocycles. The van der Waals surface area contributed by atoms with Crippen LogP contribution in [0.5, 0.6) is 5.75 Å². The van der Waals surface area contributed by atoms with Crippen LogP contribution >= 0.6 is 18.5 Å². The van der Waals surface area contributed by atoms with Gasteiger partial charge in [-0.2, -0.15) is 13.2 Å². The third kappa shape index (κ3) is 8.07. The van der Waals surface area contributed by atoms with E-state index in [1.165, 1.54) is 18.4 Å². The maximum Gasteiger partial charge on any atom is 0.393 e. The van der Waals surface area contributed by atoms with Crippen LogP contribution in [0.1, 0.15) is 36.1 Å². The van der Waals surface area contributed by atoms with Gasteiger partial charge in [0, 0.05) is 30.5 Å². The van der Waals surface area contributed by atoms with Crippen LogP contribution in [0.3, 0.4) is 0 Å². The lowest BCUT2D eigenvalue weighted by Gasteiger charge is -2.39. The Hall–Kier alpha value is -2.70. The molecule has 232 valence electrons. The van der Waals surface area contributed by atoms with Crippen LogP contribution < -0.4 is 20.7 Å². The summed E-state index contributed by atoms with van der Waals surface area (Å²) in [6, 6.07) is 11.7. The summed E-state index contributed by atoms with van der Waals surface area (Å²) < 4.78 is 65.3. The van der Waals surface area contributed by atoms with Crippen molar-refractivity contribution in [2.75, 3.05) is 63.9 Å². The minimum Gasteiger partial charge on any atom is -0.495 e. The number of methoxy groups -OCH3 is 1. The molecule has 2 fully saturated rings. The highest BCUT2D eigenvalue weighted by molar-refractivity contribution is 7.70. The van der Waals surface area contributed by atoms with Gasteiger partial charge in [-0.1, -0.05) is 24.0 Å². The molecule has 0 atom stereocenters. The zero-order chi connectivity index (χ0) is 30.6. The maximum atomic E-state index is 13.7. The van der Waals surface area contributed by atoms with Crippen molar-refractivity contribution in [2.45, 2.75) is 50.4 Å². The summed E-state index contributed by atoms with van der Waals surface area (Å²) in [5.74, 6) is 6.57. The molecule has 43 heavy (non-hydrogen) atoms. The normalized spacial score (nSPS) is 20.0. The minimum absolute atomic E-state index is 0.211. The fourth-order valence-corrected chi connectivity index (χ4v) is 7.97. The van der Waals surface area contributed by atoms with E-state index in [9.17, 15) is 17.7 Å². The van der Waals surface area contributed by atoms with Gasteiger partial charge in [-0.3, -0.25) is 4.90 Å². The van der Waals surface area contributed by atoms with Gasteiger partial charge in [0.25, 0.3) is 0 Å². The van der Waals surface area contributed by atoms with E-state index in [2.05, 4.69) is 27.4 Å². The van der Waals surface area contributed by atoms with Gasteiger partial charge in [0.1, 0.15) is 12.9 Å². The van der Waals surface area contributed by atoms with Crippen LogP contribution in [0.4, 0.5) is 24.5 Å². The maximum absolute atomic E-state index is 13.7.